The van der Waals surface area contributed by atoms with Crippen LogP contribution in [0.15, 0.2) is 29.3 Å². The van der Waals surface area contributed by atoms with Gasteiger partial charge in [-0.3, -0.25) is 4.90 Å². The highest BCUT2D eigenvalue weighted by Gasteiger charge is 2.09. The molecule has 0 aromatic heterocycles. The molecule has 0 bridgehead atoms. The highest BCUT2D eigenvalue weighted by Crippen LogP contribution is 2.04. The fraction of sp³-hybridized carbons (Fsp3) is 0.667. The lowest BCUT2D eigenvalue weighted by atomic mass is 10.1. The Labute approximate surface area is 159 Å². The van der Waals surface area contributed by atoms with E-state index in [4.69, 9.17) is 9.73 Å². The van der Waals surface area contributed by atoms with Crippen LogP contribution >= 0.6 is 0 Å². The van der Waals surface area contributed by atoms with Gasteiger partial charge in [0.1, 0.15) is 0 Å². The van der Waals surface area contributed by atoms with Crippen molar-refractivity contribution < 1.29 is 4.74 Å². The molecule has 1 fully saturated rings. The van der Waals surface area contributed by atoms with Crippen molar-refractivity contribution in [2.24, 2.45) is 4.99 Å². The fourth-order valence-electron chi connectivity index (χ4n) is 2.91. The molecule has 1 aliphatic rings. The monoisotopic (exact) mass is 360 g/mol. The van der Waals surface area contributed by atoms with E-state index in [-0.39, 0.29) is 0 Å². The van der Waals surface area contributed by atoms with Crippen molar-refractivity contribution in [1.82, 2.24) is 15.5 Å². The standard InChI is InChI=1S/C21H36N4O/c1-3-4-11-22-21(24-18-20-9-7-19(2)8-10-20)23-12-5-6-13-25-14-16-26-17-15-25/h7-10H,3-6,11-18H2,1-2H3,(H2,22,23,24). The number of aliphatic imine (C=N–C) groups is 1. The molecule has 1 saturated heterocycles. The van der Waals surface area contributed by atoms with Crippen LogP contribution in [-0.4, -0.2) is 56.8 Å². The summed E-state index contributed by atoms with van der Waals surface area (Å²) in [5.41, 5.74) is 2.54. The molecule has 0 radical (unpaired) electrons. The maximum Gasteiger partial charge on any atom is 0.191 e. The minimum atomic E-state index is 0.718. The van der Waals surface area contributed by atoms with E-state index in [0.717, 1.165) is 58.3 Å². The van der Waals surface area contributed by atoms with E-state index in [0.29, 0.717) is 0 Å². The van der Waals surface area contributed by atoms with E-state index in [1.165, 1.54) is 36.9 Å². The fourth-order valence-corrected chi connectivity index (χ4v) is 2.91. The Morgan fingerprint density at radius 3 is 2.42 bits per heavy atom. The topological polar surface area (TPSA) is 48.9 Å². The van der Waals surface area contributed by atoms with Gasteiger partial charge in [-0.15, -0.1) is 0 Å². The second-order valence-corrected chi connectivity index (χ2v) is 7.02. The van der Waals surface area contributed by atoms with Gasteiger partial charge in [-0.25, -0.2) is 4.99 Å². The normalized spacial score (nSPS) is 15.8. The number of morpholine rings is 1. The zero-order valence-electron chi connectivity index (χ0n) is 16.6. The molecule has 0 unspecified atom stereocenters. The average molecular weight is 361 g/mol. The number of hydrogen-bond donors (Lipinski definition) is 2. The molecule has 2 N–H and O–H groups in total. The van der Waals surface area contributed by atoms with Crippen LogP contribution in [0.4, 0.5) is 0 Å². The molecule has 2 rings (SSSR count). The molecule has 1 aliphatic heterocycles. The van der Waals surface area contributed by atoms with Gasteiger partial charge in [-0.2, -0.15) is 0 Å². The van der Waals surface area contributed by atoms with Crippen LogP contribution in [0.1, 0.15) is 43.7 Å². The molecule has 0 aliphatic carbocycles. The van der Waals surface area contributed by atoms with Gasteiger partial charge >= 0.3 is 0 Å². The number of aryl methyl sites for hydroxylation is 1. The maximum atomic E-state index is 5.40. The third kappa shape index (κ3) is 8.68. The first kappa shape index (κ1) is 20.7. The molecule has 26 heavy (non-hydrogen) atoms. The molecule has 0 atom stereocenters. The molecule has 1 aromatic rings. The van der Waals surface area contributed by atoms with Crippen LogP contribution in [0.25, 0.3) is 0 Å². The highest BCUT2D eigenvalue weighted by molar-refractivity contribution is 5.79. The van der Waals surface area contributed by atoms with Gasteiger partial charge in [0.15, 0.2) is 5.96 Å². The zero-order valence-corrected chi connectivity index (χ0v) is 16.6. The number of benzene rings is 1. The second-order valence-electron chi connectivity index (χ2n) is 7.02. The molecule has 1 heterocycles. The molecule has 0 amide bonds. The van der Waals surface area contributed by atoms with Gasteiger partial charge in [-0.1, -0.05) is 43.2 Å². The number of ether oxygens (including phenoxy) is 1. The van der Waals surface area contributed by atoms with Gasteiger partial charge in [0, 0.05) is 26.2 Å². The van der Waals surface area contributed by atoms with Crippen molar-refractivity contribution in [2.75, 3.05) is 45.9 Å². The van der Waals surface area contributed by atoms with Crippen molar-refractivity contribution in [3.8, 4) is 0 Å². The predicted octanol–water partition coefficient (Wildman–Crippen LogP) is 2.94. The number of hydrogen-bond acceptors (Lipinski definition) is 3. The smallest absolute Gasteiger partial charge is 0.191 e. The Morgan fingerprint density at radius 1 is 1.04 bits per heavy atom. The summed E-state index contributed by atoms with van der Waals surface area (Å²) in [6.07, 6.45) is 4.74. The number of rotatable bonds is 10. The summed E-state index contributed by atoms with van der Waals surface area (Å²) in [4.78, 5) is 7.25. The molecule has 1 aromatic carbocycles. The number of nitrogens with one attached hydrogen (secondary N) is 2. The van der Waals surface area contributed by atoms with E-state index < -0.39 is 0 Å². The first-order valence-corrected chi connectivity index (χ1v) is 10.2. The summed E-state index contributed by atoms with van der Waals surface area (Å²) < 4.78 is 5.40. The lowest BCUT2D eigenvalue weighted by Crippen LogP contribution is -2.39. The van der Waals surface area contributed by atoms with E-state index in [2.05, 4.69) is 53.6 Å². The summed E-state index contributed by atoms with van der Waals surface area (Å²) in [5, 5.41) is 6.95. The van der Waals surface area contributed by atoms with E-state index in [1.807, 2.05) is 0 Å². The summed E-state index contributed by atoms with van der Waals surface area (Å²) in [7, 11) is 0. The Kier molecular flexibility index (Phi) is 10.1. The van der Waals surface area contributed by atoms with E-state index >= 15 is 0 Å². The number of nitrogens with zero attached hydrogens (tertiary/aromatic N) is 2. The van der Waals surface area contributed by atoms with Crippen molar-refractivity contribution in [3.05, 3.63) is 35.4 Å². The van der Waals surface area contributed by atoms with Gasteiger partial charge in [0.05, 0.1) is 19.8 Å². The minimum Gasteiger partial charge on any atom is -0.379 e. The molecular weight excluding hydrogens is 324 g/mol. The van der Waals surface area contributed by atoms with Crippen LogP contribution in [-0.2, 0) is 11.3 Å². The minimum absolute atomic E-state index is 0.718. The quantitative estimate of drug-likeness (QED) is 0.383. The number of unbranched alkanes of at least 4 members (excludes halogenated alkanes) is 2. The van der Waals surface area contributed by atoms with Crippen LogP contribution in [0.2, 0.25) is 0 Å². The Bertz CT molecular complexity index is 509. The third-order valence-corrected chi connectivity index (χ3v) is 4.66. The molecule has 0 saturated carbocycles. The Morgan fingerprint density at radius 2 is 1.73 bits per heavy atom. The molecular formula is C21H36N4O. The van der Waals surface area contributed by atoms with Crippen LogP contribution in [0.5, 0.6) is 0 Å². The summed E-state index contributed by atoms with van der Waals surface area (Å²) in [6.45, 7) is 12.1. The number of guanidine groups is 1. The zero-order chi connectivity index (χ0) is 18.5. The Hall–Kier alpha value is -1.59. The first-order chi connectivity index (χ1) is 12.8. The van der Waals surface area contributed by atoms with Crippen molar-refractivity contribution >= 4 is 5.96 Å². The summed E-state index contributed by atoms with van der Waals surface area (Å²) in [6, 6.07) is 8.61. The summed E-state index contributed by atoms with van der Waals surface area (Å²) >= 11 is 0. The van der Waals surface area contributed by atoms with E-state index in [1.54, 1.807) is 0 Å². The average Bonchev–Trinajstić information content (AvgIpc) is 2.67. The second kappa shape index (κ2) is 12.7. The largest absolute Gasteiger partial charge is 0.379 e. The predicted molar refractivity (Wildman–Crippen MR) is 110 cm³/mol. The van der Waals surface area contributed by atoms with Crippen molar-refractivity contribution in [1.29, 1.82) is 0 Å². The molecule has 0 spiro atoms. The lowest BCUT2D eigenvalue weighted by Gasteiger charge is -2.26. The summed E-state index contributed by atoms with van der Waals surface area (Å²) in [5.74, 6) is 0.936. The van der Waals surface area contributed by atoms with Crippen molar-refractivity contribution in [2.45, 2.75) is 46.1 Å². The first-order valence-electron chi connectivity index (χ1n) is 10.2. The van der Waals surface area contributed by atoms with E-state index in [9.17, 15) is 0 Å². The van der Waals surface area contributed by atoms with Gasteiger partial charge in [0.2, 0.25) is 0 Å². The highest BCUT2D eigenvalue weighted by atomic mass is 16.5. The SMILES string of the molecule is CCCCNC(=NCc1ccc(C)cc1)NCCCCN1CCOCC1. The lowest BCUT2D eigenvalue weighted by molar-refractivity contribution is 0.0372. The molecule has 5 nitrogen and oxygen atoms in total. The Balaban J connectivity index is 1.70. The molecule has 146 valence electrons. The van der Waals surface area contributed by atoms with Gasteiger partial charge < -0.3 is 15.4 Å². The maximum absolute atomic E-state index is 5.40. The van der Waals surface area contributed by atoms with Crippen LogP contribution in [0.3, 0.4) is 0 Å². The third-order valence-electron chi connectivity index (χ3n) is 4.66. The van der Waals surface area contributed by atoms with Crippen LogP contribution < -0.4 is 10.6 Å². The molecule has 5 heteroatoms. The van der Waals surface area contributed by atoms with Crippen molar-refractivity contribution in [3.63, 3.8) is 0 Å². The van der Waals surface area contributed by atoms with Gasteiger partial charge in [-0.05, 0) is 38.3 Å². The van der Waals surface area contributed by atoms with Gasteiger partial charge in [0.25, 0.3) is 0 Å². The van der Waals surface area contributed by atoms with Crippen LogP contribution in [0, 0.1) is 6.92 Å².